The second-order valence-electron chi connectivity index (χ2n) is 2.89. The van der Waals surface area contributed by atoms with Crippen molar-refractivity contribution >= 4 is 0 Å². The predicted octanol–water partition coefficient (Wildman–Crippen LogP) is 1.59. The smallest absolute Gasteiger partial charge is 0.254 e. The lowest BCUT2D eigenvalue weighted by Crippen LogP contribution is -2.13. The first-order chi connectivity index (χ1) is 6.83. The molecule has 2 aromatic heterocycles. The zero-order valence-corrected chi connectivity index (χ0v) is 7.78. The Hall–Kier alpha value is -1.84. The lowest BCUT2D eigenvalue weighted by atomic mass is 10.1. The van der Waals surface area contributed by atoms with Crippen molar-refractivity contribution in [3.63, 3.8) is 0 Å². The highest BCUT2D eigenvalue weighted by Gasteiger charge is 2.10. The van der Waals surface area contributed by atoms with Crippen LogP contribution in [0.25, 0.3) is 11.5 Å². The van der Waals surface area contributed by atoms with Gasteiger partial charge in [-0.3, -0.25) is 4.79 Å². The number of nitrogens with zero attached hydrogens (tertiary/aromatic N) is 1. The highest BCUT2D eigenvalue weighted by atomic mass is 16.3. The van der Waals surface area contributed by atoms with E-state index in [0.717, 1.165) is 0 Å². The molecule has 4 nitrogen and oxygen atoms in total. The van der Waals surface area contributed by atoms with Gasteiger partial charge in [0.15, 0.2) is 5.76 Å². The summed E-state index contributed by atoms with van der Waals surface area (Å²) in [5, 5.41) is 0. The summed E-state index contributed by atoms with van der Waals surface area (Å²) in [6.45, 7) is 1.92. The summed E-state index contributed by atoms with van der Waals surface area (Å²) in [5.74, 6) is 0.632. The number of aromatic amines is 1. The molecule has 14 heavy (non-hydrogen) atoms. The van der Waals surface area contributed by atoms with Crippen molar-refractivity contribution in [1.82, 2.24) is 9.97 Å². The third-order valence-electron chi connectivity index (χ3n) is 2.06. The summed E-state index contributed by atoms with van der Waals surface area (Å²) >= 11 is 0. The Morgan fingerprint density at radius 3 is 3.07 bits per heavy atom. The van der Waals surface area contributed by atoms with Crippen molar-refractivity contribution in [2.75, 3.05) is 0 Å². The number of furan rings is 1. The molecule has 0 unspecified atom stereocenters. The van der Waals surface area contributed by atoms with Crippen molar-refractivity contribution in [1.29, 1.82) is 0 Å². The molecule has 0 saturated carbocycles. The number of nitrogens with one attached hydrogen (secondary N) is 1. The van der Waals surface area contributed by atoms with Crippen LogP contribution in [-0.2, 0) is 6.42 Å². The van der Waals surface area contributed by atoms with Gasteiger partial charge in [-0.25, -0.2) is 4.98 Å². The summed E-state index contributed by atoms with van der Waals surface area (Å²) < 4.78 is 5.20. The van der Waals surface area contributed by atoms with Crippen LogP contribution < -0.4 is 5.56 Å². The van der Waals surface area contributed by atoms with Gasteiger partial charge in [0.2, 0.25) is 0 Å². The minimum absolute atomic E-state index is 0.103. The van der Waals surface area contributed by atoms with Crippen LogP contribution in [-0.4, -0.2) is 9.97 Å². The van der Waals surface area contributed by atoms with Gasteiger partial charge in [0.05, 0.1) is 12.6 Å². The first kappa shape index (κ1) is 8.74. The molecule has 0 bridgehead atoms. The van der Waals surface area contributed by atoms with Gasteiger partial charge in [-0.2, -0.15) is 0 Å². The maximum atomic E-state index is 11.4. The molecule has 1 N–H and O–H groups in total. The van der Waals surface area contributed by atoms with Crippen LogP contribution >= 0.6 is 0 Å². The quantitative estimate of drug-likeness (QED) is 0.782. The van der Waals surface area contributed by atoms with E-state index in [1.54, 1.807) is 18.4 Å². The van der Waals surface area contributed by atoms with Gasteiger partial charge in [-0.1, -0.05) is 6.92 Å². The van der Waals surface area contributed by atoms with Crippen LogP contribution in [0, 0.1) is 0 Å². The number of H-pyrrole nitrogens is 1. The molecule has 0 aliphatic carbocycles. The molecule has 2 aromatic rings. The fraction of sp³-hybridized carbons (Fsp3) is 0.200. The number of hydrogen-bond donors (Lipinski definition) is 1. The standard InChI is InChI=1S/C10H10N2O2/c1-2-7-9(8-4-3-5-14-8)11-6-12-10(7)13/h3-6H,2H2,1H3,(H,11,12,13). The number of hydrogen-bond acceptors (Lipinski definition) is 3. The fourth-order valence-electron chi connectivity index (χ4n) is 1.38. The number of rotatable bonds is 2. The van der Waals surface area contributed by atoms with Crippen LogP contribution in [0.2, 0.25) is 0 Å². The molecule has 0 radical (unpaired) electrons. The lowest BCUT2D eigenvalue weighted by molar-refractivity contribution is 0.578. The molecule has 0 spiro atoms. The summed E-state index contributed by atoms with van der Waals surface area (Å²) in [6, 6.07) is 3.57. The number of aromatic nitrogens is 2. The van der Waals surface area contributed by atoms with Gasteiger partial charge in [0, 0.05) is 5.56 Å². The van der Waals surface area contributed by atoms with E-state index < -0.39 is 0 Å². The molecule has 4 heteroatoms. The molecule has 72 valence electrons. The predicted molar refractivity (Wildman–Crippen MR) is 51.9 cm³/mol. The average molecular weight is 190 g/mol. The zero-order chi connectivity index (χ0) is 9.97. The normalized spacial score (nSPS) is 10.4. The molecule has 2 heterocycles. The second kappa shape index (κ2) is 3.49. The van der Waals surface area contributed by atoms with Crippen molar-refractivity contribution in [3.05, 3.63) is 40.6 Å². The monoisotopic (exact) mass is 190 g/mol. The van der Waals surface area contributed by atoms with E-state index in [-0.39, 0.29) is 5.56 Å². The summed E-state index contributed by atoms with van der Waals surface area (Å²) in [7, 11) is 0. The molecule has 0 amide bonds. The zero-order valence-electron chi connectivity index (χ0n) is 7.78. The maximum absolute atomic E-state index is 11.4. The Labute approximate surface area is 80.6 Å². The maximum Gasteiger partial charge on any atom is 0.254 e. The van der Waals surface area contributed by atoms with E-state index in [9.17, 15) is 4.79 Å². The highest BCUT2D eigenvalue weighted by Crippen LogP contribution is 2.18. The summed E-state index contributed by atoms with van der Waals surface area (Å²) in [4.78, 5) is 18.1. The minimum atomic E-state index is -0.103. The van der Waals surface area contributed by atoms with Crippen molar-refractivity contribution in [2.24, 2.45) is 0 Å². The van der Waals surface area contributed by atoms with Crippen LogP contribution in [0.3, 0.4) is 0 Å². The third-order valence-corrected chi connectivity index (χ3v) is 2.06. The first-order valence-electron chi connectivity index (χ1n) is 4.43. The van der Waals surface area contributed by atoms with E-state index in [0.29, 0.717) is 23.4 Å². The minimum Gasteiger partial charge on any atom is -0.463 e. The first-order valence-corrected chi connectivity index (χ1v) is 4.43. The molecular formula is C10H10N2O2. The Bertz CT molecular complexity index is 471. The van der Waals surface area contributed by atoms with Gasteiger partial charge >= 0.3 is 0 Å². The summed E-state index contributed by atoms with van der Waals surface area (Å²) in [5.41, 5.74) is 1.18. The Morgan fingerprint density at radius 2 is 2.43 bits per heavy atom. The van der Waals surface area contributed by atoms with Crippen LogP contribution in [0.4, 0.5) is 0 Å². The van der Waals surface area contributed by atoms with Crippen molar-refractivity contribution < 1.29 is 4.42 Å². The molecule has 0 aliphatic heterocycles. The van der Waals surface area contributed by atoms with Gasteiger partial charge < -0.3 is 9.40 Å². The largest absolute Gasteiger partial charge is 0.463 e. The van der Waals surface area contributed by atoms with Crippen LogP contribution in [0.1, 0.15) is 12.5 Å². The lowest BCUT2D eigenvalue weighted by Gasteiger charge is -2.00. The Balaban J connectivity index is 2.64. The molecule has 0 aromatic carbocycles. The molecule has 0 saturated heterocycles. The van der Waals surface area contributed by atoms with E-state index in [1.807, 2.05) is 6.92 Å². The topological polar surface area (TPSA) is 58.9 Å². The van der Waals surface area contributed by atoms with E-state index in [1.165, 1.54) is 6.33 Å². The van der Waals surface area contributed by atoms with Crippen LogP contribution in [0.5, 0.6) is 0 Å². The molecule has 2 rings (SSSR count). The van der Waals surface area contributed by atoms with Gasteiger partial charge in [-0.15, -0.1) is 0 Å². The van der Waals surface area contributed by atoms with E-state index >= 15 is 0 Å². The van der Waals surface area contributed by atoms with Gasteiger partial charge in [-0.05, 0) is 18.6 Å². The third kappa shape index (κ3) is 1.35. The van der Waals surface area contributed by atoms with E-state index in [4.69, 9.17) is 4.42 Å². The second-order valence-corrected chi connectivity index (χ2v) is 2.89. The Kier molecular flexibility index (Phi) is 2.18. The van der Waals surface area contributed by atoms with E-state index in [2.05, 4.69) is 9.97 Å². The Morgan fingerprint density at radius 1 is 1.57 bits per heavy atom. The molecular weight excluding hydrogens is 180 g/mol. The average Bonchev–Trinajstić information content (AvgIpc) is 2.70. The van der Waals surface area contributed by atoms with Crippen molar-refractivity contribution in [2.45, 2.75) is 13.3 Å². The highest BCUT2D eigenvalue weighted by molar-refractivity contribution is 5.55. The van der Waals surface area contributed by atoms with Crippen molar-refractivity contribution in [3.8, 4) is 11.5 Å². The summed E-state index contributed by atoms with van der Waals surface area (Å²) in [6.07, 6.45) is 3.59. The van der Waals surface area contributed by atoms with Gasteiger partial charge in [0.25, 0.3) is 5.56 Å². The fourth-order valence-corrected chi connectivity index (χ4v) is 1.38. The molecule has 0 atom stereocenters. The van der Waals surface area contributed by atoms with Gasteiger partial charge in [0.1, 0.15) is 5.69 Å². The van der Waals surface area contributed by atoms with Crippen LogP contribution in [0.15, 0.2) is 33.9 Å². The molecule has 0 aliphatic rings. The molecule has 0 fully saturated rings. The SMILES string of the molecule is CCc1c(-c2ccco2)nc[nH]c1=O.